The molecule has 0 aromatic heterocycles. The van der Waals surface area contributed by atoms with Crippen molar-refractivity contribution in [3.05, 3.63) is 41.2 Å². The lowest BCUT2D eigenvalue weighted by Crippen LogP contribution is -2.44. The number of imide groups is 1. The first kappa shape index (κ1) is 32.1. The molecular formula is C25H38N8O5. The molecule has 6 N–H and O–H groups in total. The van der Waals surface area contributed by atoms with E-state index in [2.05, 4.69) is 31.7 Å². The van der Waals surface area contributed by atoms with E-state index >= 15 is 0 Å². The Labute approximate surface area is 222 Å². The maximum Gasteiger partial charge on any atom is 0.243 e. The van der Waals surface area contributed by atoms with Crippen LogP contribution in [0.5, 0.6) is 0 Å². The van der Waals surface area contributed by atoms with E-state index in [9.17, 15) is 24.0 Å². The van der Waals surface area contributed by atoms with Crippen molar-refractivity contribution in [3.8, 4) is 0 Å². The van der Waals surface area contributed by atoms with E-state index < -0.39 is 11.9 Å². The van der Waals surface area contributed by atoms with Crippen molar-refractivity contribution < 1.29 is 24.0 Å². The maximum atomic E-state index is 12.6. The number of hydrogen-bond acceptors (Lipinski definition) is 10. The van der Waals surface area contributed by atoms with Crippen LogP contribution >= 0.6 is 0 Å². The van der Waals surface area contributed by atoms with E-state index in [0.717, 1.165) is 6.42 Å². The predicted molar refractivity (Wildman–Crippen MR) is 142 cm³/mol. The maximum absolute atomic E-state index is 12.6. The lowest BCUT2D eigenvalue weighted by atomic mass is 10.0. The van der Waals surface area contributed by atoms with Crippen LogP contribution in [-0.4, -0.2) is 75.1 Å². The summed E-state index contributed by atoms with van der Waals surface area (Å²) in [7, 11) is 1.73. The second kappa shape index (κ2) is 19.2. The van der Waals surface area contributed by atoms with Crippen LogP contribution in [0.1, 0.15) is 48.5 Å². The summed E-state index contributed by atoms with van der Waals surface area (Å²) in [6.45, 7) is 4.14. The smallest absolute Gasteiger partial charge is 0.243 e. The van der Waals surface area contributed by atoms with Crippen LogP contribution in [-0.2, 0) is 25.7 Å². The third-order valence-electron chi connectivity index (χ3n) is 5.60. The second-order valence-corrected chi connectivity index (χ2v) is 8.44. The fourth-order valence-corrected chi connectivity index (χ4v) is 3.68. The molecule has 1 atom stereocenters. The summed E-state index contributed by atoms with van der Waals surface area (Å²) < 4.78 is 0. The van der Waals surface area contributed by atoms with Gasteiger partial charge in [-0.1, -0.05) is 25.5 Å². The molecule has 0 aliphatic rings. The Morgan fingerprint density at radius 3 is 2.55 bits per heavy atom. The summed E-state index contributed by atoms with van der Waals surface area (Å²) in [5.41, 5.74) is 8.92. The summed E-state index contributed by atoms with van der Waals surface area (Å²) >= 11 is 0. The second-order valence-electron chi connectivity index (χ2n) is 8.44. The quantitative estimate of drug-likeness (QED) is 0.0768. The first-order chi connectivity index (χ1) is 18.4. The zero-order valence-electron chi connectivity index (χ0n) is 21.9. The van der Waals surface area contributed by atoms with Crippen molar-refractivity contribution in [2.45, 2.75) is 45.2 Å². The van der Waals surface area contributed by atoms with Crippen molar-refractivity contribution in [1.29, 1.82) is 5.53 Å². The minimum atomic E-state index is -0.564. The summed E-state index contributed by atoms with van der Waals surface area (Å²) in [5, 5.41) is 17.0. The van der Waals surface area contributed by atoms with Crippen LogP contribution < -0.4 is 26.6 Å². The van der Waals surface area contributed by atoms with Gasteiger partial charge in [0.1, 0.15) is 6.29 Å². The van der Waals surface area contributed by atoms with E-state index in [1.54, 1.807) is 36.3 Å². The highest BCUT2D eigenvalue weighted by molar-refractivity contribution is 5.93. The molecule has 208 valence electrons. The van der Waals surface area contributed by atoms with Crippen LogP contribution in [0.4, 0.5) is 5.69 Å². The Hall–Kier alpha value is -3.97. The number of benzene rings is 1. The van der Waals surface area contributed by atoms with Gasteiger partial charge >= 0.3 is 0 Å². The number of amides is 4. The standard InChI is InChI=1S/C25H38N8O5/c1-3-6-23(25(38)30-18-36)33(2)15-21-19(16-34)7-4-8-22(21)31-24(37)9-5-10-27-11-12-28-13-20(32-26)14-29-17-35/h4,7-8,13,16-18,23,26-28H,3,5-6,9-12,14-15H2,1-2H3,(H,29,35)(H,31,37)(H,30,36,38)/b20-13-,32-26?. The molecule has 1 aromatic rings. The van der Waals surface area contributed by atoms with Crippen LogP contribution in [0.15, 0.2) is 35.2 Å². The first-order valence-corrected chi connectivity index (χ1v) is 12.4. The topological polar surface area (TPSA) is 185 Å². The lowest BCUT2D eigenvalue weighted by Gasteiger charge is -2.27. The van der Waals surface area contributed by atoms with Crippen molar-refractivity contribution >= 4 is 36.6 Å². The summed E-state index contributed by atoms with van der Waals surface area (Å²) in [6.07, 6.45) is 5.27. The zero-order chi connectivity index (χ0) is 28.2. The molecule has 1 rings (SSSR count). The number of likely N-dealkylation sites (N-methyl/N-ethyl adjacent to an activating group) is 1. The summed E-state index contributed by atoms with van der Waals surface area (Å²) in [4.78, 5) is 59.4. The Bertz CT molecular complexity index is 969. The fraction of sp³-hybridized carbons (Fsp3) is 0.480. The van der Waals surface area contributed by atoms with Gasteiger partial charge in [0.25, 0.3) is 0 Å². The average molecular weight is 531 g/mol. The summed E-state index contributed by atoms with van der Waals surface area (Å²) in [6, 6.07) is 4.49. The first-order valence-electron chi connectivity index (χ1n) is 12.4. The average Bonchev–Trinajstić information content (AvgIpc) is 2.91. The molecule has 0 saturated carbocycles. The molecular weight excluding hydrogens is 492 g/mol. The molecule has 0 spiro atoms. The van der Waals surface area contributed by atoms with Crippen molar-refractivity contribution in [1.82, 2.24) is 26.2 Å². The van der Waals surface area contributed by atoms with Gasteiger partial charge in [0.15, 0.2) is 0 Å². The van der Waals surface area contributed by atoms with Gasteiger partial charge in [0.05, 0.1) is 18.3 Å². The Morgan fingerprint density at radius 2 is 1.89 bits per heavy atom. The molecule has 0 saturated heterocycles. The molecule has 13 nitrogen and oxygen atoms in total. The minimum Gasteiger partial charge on any atom is -0.388 e. The molecule has 1 unspecified atom stereocenters. The highest BCUT2D eigenvalue weighted by Crippen LogP contribution is 2.23. The molecule has 0 heterocycles. The van der Waals surface area contributed by atoms with Crippen LogP contribution in [0.25, 0.3) is 0 Å². The van der Waals surface area contributed by atoms with Gasteiger partial charge in [-0.05, 0) is 32.5 Å². The van der Waals surface area contributed by atoms with E-state index in [1.165, 1.54) is 0 Å². The van der Waals surface area contributed by atoms with Crippen LogP contribution in [0.2, 0.25) is 0 Å². The monoisotopic (exact) mass is 530 g/mol. The Balaban J connectivity index is 2.61. The third kappa shape index (κ3) is 11.8. The molecule has 0 radical (unpaired) electrons. The third-order valence-corrected chi connectivity index (χ3v) is 5.60. The van der Waals surface area contributed by atoms with E-state index in [4.69, 9.17) is 5.53 Å². The largest absolute Gasteiger partial charge is 0.388 e. The van der Waals surface area contributed by atoms with Gasteiger partial charge in [-0.15, -0.1) is 0 Å². The number of nitrogens with one attached hydrogen (secondary N) is 6. The molecule has 13 heteroatoms. The number of carbonyl (C=O) groups excluding carboxylic acids is 5. The van der Waals surface area contributed by atoms with Gasteiger partial charge in [0.2, 0.25) is 24.6 Å². The molecule has 1 aromatic carbocycles. The molecule has 0 bridgehead atoms. The van der Waals surface area contributed by atoms with Gasteiger partial charge in [0, 0.05) is 49.1 Å². The van der Waals surface area contributed by atoms with Gasteiger partial charge in [-0.25, -0.2) is 5.53 Å². The minimum absolute atomic E-state index is 0.172. The fourth-order valence-electron chi connectivity index (χ4n) is 3.68. The van der Waals surface area contributed by atoms with Crippen molar-refractivity contribution in [3.63, 3.8) is 0 Å². The molecule has 0 aliphatic carbocycles. The van der Waals surface area contributed by atoms with Crippen molar-refractivity contribution in [2.75, 3.05) is 38.5 Å². The van der Waals surface area contributed by atoms with E-state index in [0.29, 0.717) is 74.1 Å². The predicted octanol–water partition coefficient (Wildman–Crippen LogP) is 0.888. The van der Waals surface area contributed by atoms with E-state index in [-0.39, 0.29) is 25.4 Å². The lowest BCUT2D eigenvalue weighted by molar-refractivity contribution is -0.129. The Morgan fingerprint density at radius 1 is 1.11 bits per heavy atom. The molecule has 4 amide bonds. The molecule has 0 aliphatic heterocycles. The van der Waals surface area contributed by atoms with Gasteiger partial charge < -0.3 is 21.3 Å². The number of hydrogen-bond donors (Lipinski definition) is 6. The van der Waals surface area contributed by atoms with Crippen molar-refractivity contribution in [2.24, 2.45) is 5.11 Å². The van der Waals surface area contributed by atoms with Gasteiger partial charge in [-0.2, -0.15) is 5.11 Å². The number of anilines is 1. The highest BCUT2D eigenvalue weighted by atomic mass is 16.2. The SMILES string of the molecule is CCCC(C(=O)NC=O)N(C)Cc1c(C=O)cccc1NC(=O)CCCNCCN/C=C(/CNC=O)N=N. The zero-order valence-corrected chi connectivity index (χ0v) is 21.9. The number of nitrogens with zero attached hydrogens (tertiary/aromatic N) is 2. The highest BCUT2D eigenvalue weighted by Gasteiger charge is 2.24. The van der Waals surface area contributed by atoms with Crippen LogP contribution in [0, 0.1) is 5.53 Å². The number of aldehydes is 1. The van der Waals surface area contributed by atoms with E-state index in [1.807, 2.05) is 6.92 Å². The molecule has 0 fully saturated rings. The number of carbonyl (C=O) groups is 5. The number of rotatable bonds is 21. The van der Waals surface area contributed by atoms with Gasteiger partial charge in [-0.3, -0.25) is 34.2 Å². The van der Waals surface area contributed by atoms with Crippen LogP contribution in [0.3, 0.4) is 0 Å². The molecule has 38 heavy (non-hydrogen) atoms. The summed E-state index contributed by atoms with van der Waals surface area (Å²) in [5.74, 6) is -0.619. The normalized spacial score (nSPS) is 11.8. The Kier molecular flexibility index (Phi) is 16.2.